The smallest absolute Gasteiger partial charge is 0.251 e. The quantitative estimate of drug-likeness (QED) is 0.681. The molecule has 1 aliphatic carbocycles. The van der Waals surface area contributed by atoms with Crippen LogP contribution in [0.1, 0.15) is 54.7 Å². The van der Waals surface area contributed by atoms with Gasteiger partial charge in [0.15, 0.2) is 0 Å². The van der Waals surface area contributed by atoms with Gasteiger partial charge in [0.05, 0.1) is 10.8 Å². The van der Waals surface area contributed by atoms with Gasteiger partial charge in [-0.15, -0.1) is 16.4 Å². The number of nitrogens with two attached hydrogens (primary N) is 1. The summed E-state index contributed by atoms with van der Waals surface area (Å²) in [5.41, 5.74) is 5.61. The van der Waals surface area contributed by atoms with Crippen molar-refractivity contribution >= 4 is 39.9 Å². The third-order valence-electron chi connectivity index (χ3n) is 4.04. The van der Waals surface area contributed by atoms with Gasteiger partial charge < -0.3 is 11.1 Å². The van der Waals surface area contributed by atoms with E-state index in [1.807, 2.05) is 0 Å². The highest BCUT2D eigenvalue weighted by molar-refractivity contribution is 8.00. The van der Waals surface area contributed by atoms with E-state index in [4.69, 9.17) is 5.73 Å². The van der Waals surface area contributed by atoms with E-state index in [1.165, 1.54) is 35.9 Å². The fraction of sp³-hybridized carbons (Fsp3) is 0.467. The normalized spacial score (nSPS) is 16.2. The topological polar surface area (TPSA) is 114 Å². The van der Waals surface area contributed by atoms with E-state index < -0.39 is 5.91 Å². The van der Waals surface area contributed by atoms with Crippen molar-refractivity contribution in [3.05, 3.63) is 22.8 Å². The van der Waals surface area contributed by atoms with Crippen molar-refractivity contribution in [2.75, 3.05) is 5.32 Å². The molecule has 0 spiro atoms. The van der Waals surface area contributed by atoms with Crippen LogP contribution in [-0.2, 0) is 4.79 Å². The molecule has 2 aromatic rings. The summed E-state index contributed by atoms with van der Waals surface area (Å²) in [6.07, 6.45) is 4.75. The molecule has 1 atom stereocenters. The molecule has 1 saturated carbocycles. The number of carbonyl (C=O) groups is 2. The molecule has 24 heavy (non-hydrogen) atoms. The highest BCUT2D eigenvalue weighted by Gasteiger charge is 2.23. The van der Waals surface area contributed by atoms with Crippen LogP contribution in [0.15, 0.2) is 16.6 Å². The molecule has 0 unspecified atom stereocenters. The SMILES string of the molecule is C[C@@H](Sc1n[nH]c(C2CCCC2)n1)C(=O)Nc1sccc1C(N)=O. The zero-order valence-electron chi connectivity index (χ0n) is 13.2. The molecule has 2 aromatic heterocycles. The number of nitrogens with zero attached hydrogens (tertiary/aromatic N) is 2. The van der Waals surface area contributed by atoms with E-state index in [0.29, 0.717) is 21.6 Å². The summed E-state index contributed by atoms with van der Waals surface area (Å²) >= 11 is 2.56. The maximum absolute atomic E-state index is 12.3. The van der Waals surface area contributed by atoms with Crippen molar-refractivity contribution in [3.8, 4) is 0 Å². The second kappa shape index (κ2) is 7.35. The fourth-order valence-electron chi connectivity index (χ4n) is 2.72. The Balaban J connectivity index is 1.60. The summed E-state index contributed by atoms with van der Waals surface area (Å²) in [6, 6.07) is 1.60. The molecule has 4 N–H and O–H groups in total. The number of carbonyl (C=O) groups excluding carboxylic acids is 2. The molecule has 0 bridgehead atoms. The van der Waals surface area contributed by atoms with Crippen molar-refractivity contribution in [3.63, 3.8) is 0 Å². The van der Waals surface area contributed by atoms with E-state index >= 15 is 0 Å². The first-order valence-electron chi connectivity index (χ1n) is 7.81. The summed E-state index contributed by atoms with van der Waals surface area (Å²) in [6.45, 7) is 1.78. The highest BCUT2D eigenvalue weighted by Crippen LogP contribution is 2.33. The standard InChI is InChI=1S/C15H19N5O2S2/c1-8(13(22)18-14-10(11(16)21)6-7-23-14)24-15-17-12(19-20-15)9-4-2-3-5-9/h6-9H,2-5H2,1H3,(H2,16,21)(H,18,22)(H,17,19,20)/t8-/m1/s1. The fourth-order valence-corrected chi connectivity index (χ4v) is 4.24. The Labute approximate surface area is 147 Å². The number of primary amides is 1. The molecule has 9 heteroatoms. The summed E-state index contributed by atoms with van der Waals surface area (Å²) in [5, 5.41) is 12.3. The van der Waals surface area contributed by atoms with Crippen LogP contribution in [0.3, 0.4) is 0 Å². The van der Waals surface area contributed by atoms with Gasteiger partial charge in [-0.05, 0) is 31.2 Å². The van der Waals surface area contributed by atoms with Gasteiger partial charge in [0, 0.05) is 5.92 Å². The monoisotopic (exact) mass is 365 g/mol. The Hall–Kier alpha value is -1.87. The number of rotatable bonds is 6. The van der Waals surface area contributed by atoms with E-state index in [-0.39, 0.29) is 11.2 Å². The van der Waals surface area contributed by atoms with Crippen molar-refractivity contribution in [2.45, 2.75) is 48.9 Å². The summed E-state index contributed by atoms with van der Waals surface area (Å²) < 4.78 is 0. The van der Waals surface area contributed by atoms with Crippen LogP contribution >= 0.6 is 23.1 Å². The van der Waals surface area contributed by atoms with Crippen LogP contribution in [0.2, 0.25) is 0 Å². The first kappa shape index (κ1) is 17.0. The molecular formula is C15H19N5O2S2. The lowest BCUT2D eigenvalue weighted by Crippen LogP contribution is -2.23. The van der Waals surface area contributed by atoms with Gasteiger partial charge in [-0.3, -0.25) is 14.7 Å². The number of aromatic amines is 1. The Morgan fingerprint density at radius 3 is 2.92 bits per heavy atom. The molecule has 1 aliphatic rings. The van der Waals surface area contributed by atoms with E-state index in [0.717, 1.165) is 18.7 Å². The lowest BCUT2D eigenvalue weighted by atomic mass is 10.1. The van der Waals surface area contributed by atoms with Gasteiger partial charge in [0.25, 0.3) is 5.91 Å². The number of amides is 2. The number of H-pyrrole nitrogens is 1. The minimum absolute atomic E-state index is 0.211. The molecule has 0 aliphatic heterocycles. The Bertz CT molecular complexity index is 736. The number of thiophene rings is 1. The molecule has 7 nitrogen and oxygen atoms in total. The van der Waals surface area contributed by atoms with Crippen molar-refractivity contribution in [1.82, 2.24) is 15.2 Å². The average Bonchev–Trinajstić information content (AvgIpc) is 3.28. The van der Waals surface area contributed by atoms with Crippen molar-refractivity contribution in [2.24, 2.45) is 5.73 Å². The molecular weight excluding hydrogens is 346 g/mol. The lowest BCUT2D eigenvalue weighted by Gasteiger charge is -2.09. The highest BCUT2D eigenvalue weighted by atomic mass is 32.2. The maximum Gasteiger partial charge on any atom is 0.251 e. The Kier molecular flexibility index (Phi) is 5.20. The van der Waals surface area contributed by atoms with Gasteiger partial charge in [-0.2, -0.15) is 0 Å². The summed E-state index contributed by atoms with van der Waals surface area (Å²) in [5.74, 6) is 0.608. The second-order valence-corrected chi connectivity index (χ2v) is 7.99. The molecule has 1 fully saturated rings. The van der Waals surface area contributed by atoms with Crippen LogP contribution in [0.25, 0.3) is 0 Å². The minimum Gasteiger partial charge on any atom is -0.366 e. The van der Waals surface area contributed by atoms with E-state index in [9.17, 15) is 9.59 Å². The van der Waals surface area contributed by atoms with E-state index in [2.05, 4.69) is 20.5 Å². The molecule has 0 aromatic carbocycles. The van der Waals surface area contributed by atoms with Gasteiger partial charge >= 0.3 is 0 Å². The van der Waals surface area contributed by atoms with Crippen LogP contribution in [0.4, 0.5) is 5.00 Å². The predicted octanol–water partition coefficient (Wildman–Crippen LogP) is 2.74. The first-order valence-corrected chi connectivity index (χ1v) is 9.57. The van der Waals surface area contributed by atoms with Crippen LogP contribution in [0.5, 0.6) is 0 Å². The van der Waals surface area contributed by atoms with Crippen molar-refractivity contribution < 1.29 is 9.59 Å². The number of nitrogens with one attached hydrogen (secondary N) is 2. The Morgan fingerprint density at radius 2 is 2.21 bits per heavy atom. The van der Waals surface area contributed by atoms with Gasteiger partial charge in [-0.1, -0.05) is 24.6 Å². The third kappa shape index (κ3) is 3.78. The summed E-state index contributed by atoms with van der Waals surface area (Å²) in [4.78, 5) is 28.1. The third-order valence-corrected chi connectivity index (χ3v) is 5.83. The zero-order valence-corrected chi connectivity index (χ0v) is 14.9. The van der Waals surface area contributed by atoms with Gasteiger partial charge in [0.2, 0.25) is 11.1 Å². The zero-order chi connectivity index (χ0) is 17.1. The molecule has 0 radical (unpaired) electrons. The molecule has 128 valence electrons. The largest absolute Gasteiger partial charge is 0.366 e. The number of aromatic nitrogens is 3. The van der Waals surface area contributed by atoms with Gasteiger partial charge in [0.1, 0.15) is 10.8 Å². The van der Waals surface area contributed by atoms with Crippen molar-refractivity contribution in [1.29, 1.82) is 0 Å². The van der Waals surface area contributed by atoms with Crippen LogP contribution in [-0.4, -0.2) is 32.2 Å². The molecule has 0 saturated heterocycles. The molecule has 3 rings (SSSR count). The maximum atomic E-state index is 12.3. The second-order valence-electron chi connectivity index (χ2n) is 5.76. The number of anilines is 1. The summed E-state index contributed by atoms with van der Waals surface area (Å²) in [7, 11) is 0. The first-order chi connectivity index (χ1) is 11.5. The Morgan fingerprint density at radius 1 is 1.46 bits per heavy atom. The molecule has 2 amide bonds. The molecule has 2 heterocycles. The van der Waals surface area contributed by atoms with Crippen LogP contribution in [0, 0.1) is 0 Å². The number of thioether (sulfide) groups is 1. The van der Waals surface area contributed by atoms with Crippen LogP contribution < -0.4 is 11.1 Å². The lowest BCUT2D eigenvalue weighted by molar-refractivity contribution is -0.115. The number of hydrogen-bond acceptors (Lipinski definition) is 6. The minimum atomic E-state index is -0.554. The number of hydrogen-bond donors (Lipinski definition) is 3. The van der Waals surface area contributed by atoms with E-state index in [1.54, 1.807) is 18.4 Å². The van der Waals surface area contributed by atoms with Gasteiger partial charge in [-0.25, -0.2) is 4.98 Å². The average molecular weight is 365 g/mol. The predicted molar refractivity (Wildman–Crippen MR) is 94.4 cm³/mol.